The van der Waals surface area contributed by atoms with Gasteiger partial charge in [0.1, 0.15) is 55.5 Å². The van der Waals surface area contributed by atoms with Crippen LogP contribution >= 0.6 is 23.5 Å². The first kappa shape index (κ1) is 113. The molecule has 1 unspecified atom stereocenters. The summed E-state index contributed by atoms with van der Waals surface area (Å²) < 4.78 is 95.6. The van der Waals surface area contributed by atoms with Crippen molar-refractivity contribution in [2.45, 2.75) is 191 Å². The number of alkyl halides is 3. The average Bonchev–Trinajstić information content (AvgIpc) is 1.61. The minimum Gasteiger partial charge on any atom is -0.491 e. The van der Waals surface area contributed by atoms with Crippen LogP contribution in [0.3, 0.4) is 0 Å². The number of likely N-dealkylation sites (tertiary alicyclic amines) is 1. The summed E-state index contributed by atoms with van der Waals surface area (Å²) in [5, 5.41) is 24.6. The van der Waals surface area contributed by atoms with Crippen molar-refractivity contribution in [3.63, 3.8) is 0 Å². The van der Waals surface area contributed by atoms with Crippen LogP contribution in [0.5, 0.6) is 5.75 Å². The highest BCUT2D eigenvalue weighted by Gasteiger charge is 2.47. The van der Waals surface area contributed by atoms with Crippen molar-refractivity contribution in [3.05, 3.63) is 159 Å². The maximum Gasteiger partial charge on any atom is 0.420 e. The minimum atomic E-state index is -5.03. The molecule has 4 aliphatic rings. The van der Waals surface area contributed by atoms with Crippen molar-refractivity contribution in [1.82, 2.24) is 45.8 Å². The van der Waals surface area contributed by atoms with Gasteiger partial charge in [0.25, 0.3) is 23.6 Å². The van der Waals surface area contributed by atoms with E-state index in [0.29, 0.717) is 121 Å². The number of aliphatic hydroxyl groups excluding tert-OH is 1. The van der Waals surface area contributed by atoms with E-state index >= 15 is 0 Å². The Labute approximate surface area is 824 Å². The highest BCUT2D eigenvalue weighted by atomic mass is 32.2. The predicted molar refractivity (Wildman–Crippen MR) is 517 cm³/mol. The number of carbonyl (C=O) groups is 13. The molecule has 5 aromatic rings. The second-order valence-corrected chi connectivity index (χ2v) is 38.3. The van der Waals surface area contributed by atoms with E-state index < -0.39 is 156 Å². The fraction of sp³-hybridized carbons (Fsp3) is 0.550. The number of nitrogens with one attached hydrogen (secondary N) is 5. The number of halogens is 3. The van der Waals surface area contributed by atoms with Gasteiger partial charge in [-0.15, -0.1) is 0 Å². The predicted octanol–water partition coefficient (Wildman–Crippen LogP) is 10.4. The Kier molecular flexibility index (Phi) is 44.0. The monoisotopic (exact) mass is 1990 g/mol. The number of hydrogen-bond donors (Lipinski definition) is 7. The fourth-order valence-corrected chi connectivity index (χ4v) is 19.1. The summed E-state index contributed by atoms with van der Waals surface area (Å²) >= 11 is 1.82. The number of urea groups is 1. The average molecular weight is 1990 g/mol. The first-order valence-electron chi connectivity index (χ1n) is 47.4. The third-order valence-corrected chi connectivity index (χ3v) is 27.4. The van der Waals surface area contributed by atoms with Gasteiger partial charge in [-0.1, -0.05) is 142 Å². The summed E-state index contributed by atoms with van der Waals surface area (Å²) in [7, 11) is 6.06. The standard InChI is InChI=1S/C100H135F3N12O23S2/c1-15-63(8)85(79(130-13)57-81(118)114-40-20-24-76(114)87(131-14)65(10)77(116)55-64(9)86(119)67-21-17-16-18-22-67)110(11)95(125)83(61(4)5)109-92(122)84(62(6)7)111(12)99(129)138-58-66-25-31-70(32-26-66)106-90(120)75(23-19-39-105-98(104)128)107-91(121)82(60(2)3)108-80(117)59-136-52-51-134-49-50-135-53-54-137-78-38-33-71(56-74(78)100(101,102)103)115-96(126)88(139-72-34-27-68(28-35-72)93(123)112-41-45-132-46-42-112)89(97(115)127)140-73-36-29-69(30-37-73)94(124)113-43-47-133-48-44-113/h16-18,21-22,25-38,56,60-65,75-76,79,82-87,119H,15,19-20,23-24,39-55,57-59H2,1-14H3,(H,106,120)(H,107,121)(H,108,117)(H,109,122)(H3,104,105,128)/t63?,64-,65-,75-,76-,79+,82-,83-,84-,85-,86+,87+/m0/s1. The van der Waals surface area contributed by atoms with Crippen molar-refractivity contribution in [2.24, 2.45) is 41.2 Å². The van der Waals surface area contributed by atoms with Crippen LogP contribution in [-0.2, 0) is 93.8 Å². The summed E-state index contributed by atoms with van der Waals surface area (Å²) in [5.74, 6) is -8.91. The zero-order valence-electron chi connectivity index (χ0n) is 82.0. The second kappa shape index (κ2) is 54.8. The Hall–Kier alpha value is -11.1. The summed E-state index contributed by atoms with van der Waals surface area (Å²) in [6, 6.07) is 24.5. The number of anilines is 2. The first-order chi connectivity index (χ1) is 66.8. The number of ketones is 1. The number of likely N-dealkylation sites (N-methyl/N-ethyl adjacent to an activating group) is 2. The number of carbonyl (C=O) groups excluding carboxylic acids is 13. The molecule has 0 saturated carbocycles. The summed E-state index contributed by atoms with van der Waals surface area (Å²) in [6.07, 6.45) is -6.10. The van der Waals surface area contributed by atoms with Crippen LogP contribution in [0.15, 0.2) is 141 Å². The quantitative estimate of drug-likeness (QED) is 0.0140. The molecule has 0 aliphatic carbocycles. The number of nitrogens with zero attached hydrogens (tertiary/aromatic N) is 6. The van der Waals surface area contributed by atoms with E-state index in [2.05, 4.69) is 26.6 Å². The number of aliphatic hydroxyl groups is 1. The number of thioether (sulfide) groups is 2. The van der Waals surface area contributed by atoms with Crippen LogP contribution in [0.25, 0.3) is 0 Å². The van der Waals surface area contributed by atoms with Gasteiger partial charge in [0.2, 0.25) is 35.4 Å². The molecule has 5 aromatic carbocycles. The van der Waals surface area contributed by atoms with Gasteiger partial charge in [-0.2, -0.15) is 13.2 Å². The van der Waals surface area contributed by atoms with Gasteiger partial charge in [0.05, 0.1) is 117 Å². The Balaban J connectivity index is 0.709. The number of ether oxygens (including phenoxy) is 9. The molecule has 3 fully saturated rings. The Morgan fingerprint density at radius 1 is 0.614 bits per heavy atom. The van der Waals surface area contributed by atoms with E-state index in [1.165, 1.54) is 38.3 Å². The summed E-state index contributed by atoms with van der Waals surface area (Å²) in [4.78, 5) is 189. The van der Waals surface area contributed by atoms with Crippen LogP contribution in [0.1, 0.15) is 158 Å². The lowest BCUT2D eigenvalue weighted by Gasteiger charge is -2.41. The van der Waals surface area contributed by atoms with Crippen LogP contribution in [-0.4, -0.2) is 295 Å². The highest BCUT2D eigenvalue weighted by Crippen LogP contribution is 2.47. The zero-order valence-corrected chi connectivity index (χ0v) is 83.7. The molecule has 9 rings (SSSR count). The van der Waals surface area contributed by atoms with E-state index in [4.69, 9.17) is 48.4 Å². The van der Waals surface area contributed by atoms with Crippen molar-refractivity contribution in [3.8, 4) is 5.75 Å². The van der Waals surface area contributed by atoms with Gasteiger partial charge < -0.3 is 99.7 Å². The lowest BCUT2D eigenvalue weighted by Crippen LogP contribution is -2.60. The molecular weight excluding hydrogens is 1860 g/mol. The molecule has 4 aliphatic heterocycles. The number of rotatable bonds is 52. The molecule has 35 nitrogen and oxygen atoms in total. The van der Waals surface area contributed by atoms with Crippen molar-refractivity contribution >= 4 is 112 Å². The van der Waals surface area contributed by atoms with Crippen molar-refractivity contribution in [1.29, 1.82) is 0 Å². The molecule has 3 saturated heterocycles. The van der Waals surface area contributed by atoms with Crippen LogP contribution in [0.4, 0.5) is 34.1 Å². The van der Waals surface area contributed by atoms with Crippen LogP contribution in [0, 0.1) is 35.5 Å². The highest BCUT2D eigenvalue weighted by molar-refractivity contribution is 8.08. The minimum absolute atomic E-state index is 0.00352. The molecular formula is C100H135F3N12O23S2. The Morgan fingerprint density at radius 2 is 1.17 bits per heavy atom. The number of imide groups is 1. The maximum absolute atomic E-state index is 14.9. The Bertz CT molecular complexity index is 4940. The molecule has 766 valence electrons. The molecule has 0 aromatic heterocycles. The SMILES string of the molecule is CCC(C)[C@@H]([C@@H](CC(=O)N1CCC[C@H]1[C@H](OC)[C@@H](C)C(=O)C[C@H](C)[C@@H](O)c1ccccc1)OC)N(C)C(=O)[C@@H](NC(=O)[C@H](C(C)C)N(C)C(=O)OCc1ccc(NC(=O)[C@H](CCCNC(N)=O)NC(=O)[C@@H](NC(=O)COCCOCCOCCOc2ccc(N3C(=O)C(Sc4ccc(C(=O)N5CCOCC5)cc4)=C(Sc4ccc(C(=O)N5CCOCC5)cc4)C3=O)cc2C(F)(F)F)C(C)C)cc1)C(C)C. The third kappa shape index (κ3) is 31.7. The Morgan fingerprint density at radius 3 is 1.69 bits per heavy atom. The molecule has 12 atom stereocenters. The lowest BCUT2D eigenvalue weighted by atomic mass is 9.85. The molecule has 0 bridgehead atoms. The van der Waals surface area contributed by atoms with Crippen LogP contribution in [0.2, 0.25) is 0 Å². The van der Waals surface area contributed by atoms with E-state index in [0.717, 1.165) is 40.6 Å². The number of nitrogens with two attached hydrogens (primary N) is 1. The molecule has 4 heterocycles. The van der Waals surface area contributed by atoms with E-state index in [1.807, 2.05) is 51.1 Å². The van der Waals surface area contributed by atoms with Gasteiger partial charge in [-0.25, -0.2) is 14.5 Å². The third-order valence-electron chi connectivity index (χ3n) is 25.1. The molecule has 8 N–H and O–H groups in total. The number of hydrogen-bond acceptors (Lipinski definition) is 25. The maximum atomic E-state index is 14.9. The zero-order chi connectivity index (χ0) is 102. The largest absolute Gasteiger partial charge is 0.491 e. The van der Waals surface area contributed by atoms with Gasteiger partial charge in [-0.05, 0) is 145 Å². The topological polar surface area (TPSA) is 431 Å². The fourth-order valence-electron chi connectivity index (χ4n) is 17.1. The van der Waals surface area contributed by atoms with Crippen molar-refractivity contribution < 1.29 is 123 Å². The van der Waals surface area contributed by atoms with Crippen LogP contribution < -0.4 is 42.0 Å². The number of morpholine rings is 2. The van der Waals surface area contributed by atoms with Crippen molar-refractivity contribution in [2.75, 3.05) is 150 Å². The number of primary amides is 1. The lowest BCUT2D eigenvalue weighted by molar-refractivity contribution is -0.148. The molecule has 0 radical (unpaired) electrons. The van der Waals surface area contributed by atoms with E-state index in [9.17, 15) is 80.6 Å². The van der Waals surface area contributed by atoms with Gasteiger partial charge in [0.15, 0.2) is 0 Å². The number of benzene rings is 5. The molecule has 0 spiro atoms. The number of methoxy groups -OCH3 is 2. The van der Waals surface area contributed by atoms with Gasteiger partial charge in [-0.3, -0.25) is 57.6 Å². The molecule has 140 heavy (non-hydrogen) atoms. The number of Topliss-reactive ketones (excluding diaryl/α,β-unsaturated/α-hetero) is 1. The summed E-state index contributed by atoms with van der Waals surface area (Å²) in [5.41, 5.74) is 5.87. The molecule has 13 amide bonds. The normalized spacial score (nSPS) is 17.1. The first-order valence-corrected chi connectivity index (χ1v) is 49.0. The second-order valence-electron chi connectivity index (χ2n) is 36.1. The van der Waals surface area contributed by atoms with E-state index in [-0.39, 0.29) is 135 Å². The summed E-state index contributed by atoms with van der Waals surface area (Å²) in [6.45, 7) is 20.2. The number of amides is 13. The smallest absolute Gasteiger partial charge is 0.420 e. The van der Waals surface area contributed by atoms with E-state index in [1.54, 1.807) is 131 Å². The van der Waals surface area contributed by atoms with Gasteiger partial charge in [0, 0.05) is 107 Å². The molecule has 40 heteroatoms. The van der Waals surface area contributed by atoms with Gasteiger partial charge >= 0.3 is 18.3 Å².